The molecular weight excluding hydrogens is 266 g/mol. The normalized spacial score (nSPS) is 18.0. The van der Waals surface area contributed by atoms with Crippen LogP contribution in [0.2, 0.25) is 0 Å². The van der Waals surface area contributed by atoms with Crippen LogP contribution in [-0.4, -0.2) is 59.1 Å². The number of amides is 1. The smallest absolute Gasteiger partial charge is 0.239 e. The molecule has 0 spiro atoms. The molecule has 1 atom stereocenters. The van der Waals surface area contributed by atoms with Gasteiger partial charge in [0.25, 0.3) is 0 Å². The quantitative estimate of drug-likeness (QED) is 0.861. The zero-order valence-electron chi connectivity index (χ0n) is 12.8. The van der Waals surface area contributed by atoms with Crippen molar-refractivity contribution in [1.82, 2.24) is 9.80 Å². The van der Waals surface area contributed by atoms with Gasteiger partial charge in [-0.1, -0.05) is 12.1 Å². The van der Waals surface area contributed by atoms with E-state index in [1.807, 2.05) is 4.90 Å². The molecule has 1 aliphatic heterocycles. The number of phenolic OH excluding ortho intramolecular Hbond substituents is 1. The Balaban J connectivity index is 1.87. The van der Waals surface area contributed by atoms with Gasteiger partial charge in [-0.2, -0.15) is 0 Å². The third kappa shape index (κ3) is 4.19. The van der Waals surface area contributed by atoms with Crippen LogP contribution in [0.1, 0.15) is 19.4 Å². The van der Waals surface area contributed by atoms with E-state index in [1.165, 1.54) is 0 Å². The van der Waals surface area contributed by atoms with Crippen LogP contribution in [0.5, 0.6) is 5.75 Å². The summed E-state index contributed by atoms with van der Waals surface area (Å²) in [6.45, 7) is 7.67. The predicted octanol–water partition coefficient (Wildman–Crippen LogP) is 0.815. The van der Waals surface area contributed by atoms with E-state index in [0.29, 0.717) is 12.5 Å². The average Bonchev–Trinajstić information content (AvgIpc) is 2.49. The molecule has 1 aromatic rings. The summed E-state index contributed by atoms with van der Waals surface area (Å²) < 4.78 is 0. The third-order valence-corrected chi connectivity index (χ3v) is 4.07. The lowest BCUT2D eigenvalue weighted by Gasteiger charge is -2.37. The SMILES string of the molecule is CC(C)N1CCN(C(=O)[C@@H](N)Cc2ccc(O)cc2)CC1. The molecule has 2 rings (SSSR count). The van der Waals surface area contributed by atoms with Crippen molar-refractivity contribution in [3.8, 4) is 5.75 Å². The molecule has 0 aliphatic carbocycles. The number of piperazine rings is 1. The van der Waals surface area contributed by atoms with Crippen molar-refractivity contribution >= 4 is 5.91 Å². The molecular formula is C16H25N3O2. The van der Waals surface area contributed by atoms with Gasteiger partial charge >= 0.3 is 0 Å². The summed E-state index contributed by atoms with van der Waals surface area (Å²) in [6.07, 6.45) is 0.503. The summed E-state index contributed by atoms with van der Waals surface area (Å²) in [6, 6.07) is 6.85. The van der Waals surface area contributed by atoms with E-state index in [1.54, 1.807) is 24.3 Å². The third-order valence-electron chi connectivity index (χ3n) is 4.07. The fourth-order valence-electron chi connectivity index (χ4n) is 2.67. The topological polar surface area (TPSA) is 69.8 Å². The number of hydrogen-bond donors (Lipinski definition) is 2. The van der Waals surface area contributed by atoms with E-state index in [4.69, 9.17) is 5.73 Å². The fraction of sp³-hybridized carbons (Fsp3) is 0.562. The van der Waals surface area contributed by atoms with Gasteiger partial charge < -0.3 is 15.7 Å². The summed E-state index contributed by atoms with van der Waals surface area (Å²) in [5.41, 5.74) is 7.01. The van der Waals surface area contributed by atoms with Crippen LogP contribution < -0.4 is 5.73 Å². The monoisotopic (exact) mass is 291 g/mol. The lowest BCUT2D eigenvalue weighted by atomic mass is 10.0. The first-order chi connectivity index (χ1) is 9.97. The van der Waals surface area contributed by atoms with E-state index >= 15 is 0 Å². The van der Waals surface area contributed by atoms with Crippen LogP contribution in [0.3, 0.4) is 0 Å². The van der Waals surface area contributed by atoms with Crippen molar-refractivity contribution in [3.05, 3.63) is 29.8 Å². The van der Waals surface area contributed by atoms with Crippen molar-refractivity contribution in [3.63, 3.8) is 0 Å². The highest BCUT2D eigenvalue weighted by Crippen LogP contribution is 2.12. The molecule has 21 heavy (non-hydrogen) atoms. The average molecular weight is 291 g/mol. The van der Waals surface area contributed by atoms with Gasteiger partial charge in [-0.15, -0.1) is 0 Å². The van der Waals surface area contributed by atoms with Crippen molar-refractivity contribution in [2.45, 2.75) is 32.4 Å². The van der Waals surface area contributed by atoms with Gasteiger partial charge in [0.1, 0.15) is 5.75 Å². The van der Waals surface area contributed by atoms with Crippen molar-refractivity contribution in [1.29, 1.82) is 0 Å². The number of hydrogen-bond acceptors (Lipinski definition) is 4. The van der Waals surface area contributed by atoms with Crippen LogP contribution >= 0.6 is 0 Å². The van der Waals surface area contributed by atoms with Crippen LogP contribution in [0, 0.1) is 0 Å². The van der Waals surface area contributed by atoms with Crippen LogP contribution in [0.25, 0.3) is 0 Å². The molecule has 1 amide bonds. The predicted molar refractivity (Wildman–Crippen MR) is 83.1 cm³/mol. The van der Waals surface area contributed by atoms with E-state index in [-0.39, 0.29) is 11.7 Å². The van der Waals surface area contributed by atoms with Gasteiger partial charge in [-0.05, 0) is 38.0 Å². The summed E-state index contributed by atoms with van der Waals surface area (Å²) >= 11 is 0. The maximum Gasteiger partial charge on any atom is 0.239 e. The molecule has 0 unspecified atom stereocenters. The maximum absolute atomic E-state index is 12.4. The summed E-state index contributed by atoms with van der Waals surface area (Å²) in [4.78, 5) is 16.6. The summed E-state index contributed by atoms with van der Waals surface area (Å²) in [7, 11) is 0. The van der Waals surface area contributed by atoms with Crippen LogP contribution in [0.4, 0.5) is 0 Å². The number of rotatable bonds is 4. The number of nitrogens with two attached hydrogens (primary N) is 1. The highest BCUT2D eigenvalue weighted by molar-refractivity contribution is 5.82. The van der Waals surface area contributed by atoms with Gasteiger partial charge in [0.05, 0.1) is 6.04 Å². The molecule has 0 radical (unpaired) electrons. The first-order valence-corrected chi connectivity index (χ1v) is 7.53. The van der Waals surface area contributed by atoms with Crippen molar-refractivity contribution < 1.29 is 9.90 Å². The molecule has 0 aromatic heterocycles. The molecule has 5 nitrogen and oxygen atoms in total. The summed E-state index contributed by atoms with van der Waals surface area (Å²) in [5, 5.41) is 9.26. The molecule has 116 valence electrons. The van der Waals surface area contributed by atoms with E-state index in [2.05, 4.69) is 18.7 Å². The van der Waals surface area contributed by atoms with Gasteiger partial charge in [-0.25, -0.2) is 0 Å². The second-order valence-electron chi connectivity index (χ2n) is 5.93. The van der Waals surface area contributed by atoms with E-state index in [9.17, 15) is 9.90 Å². The van der Waals surface area contributed by atoms with Gasteiger partial charge in [0.2, 0.25) is 5.91 Å². The fourth-order valence-corrected chi connectivity index (χ4v) is 2.67. The van der Waals surface area contributed by atoms with E-state index in [0.717, 1.165) is 31.7 Å². The lowest BCUT2D eigenvalue weighted by Crippen LogP contribution is -2.54. The molecule has 0 bridgehead atoms. The Morgan fingerprint density at radius 3 is 2.29 bits per heavy atom. The standard InChI is InChI=1S/C16H25N3O2/c1-12(2)18-7-9-19(10-8-18)16(21)15(17)11-13-3-5-14(20)6-4-13/h3-6,12,15,20H,7-11,17H2,1-2H3/t15-/m0/s1. The Morgan fingerprint density at radius 2 is 1.76 bits per heavy atom. The molecule has 0 saturated carbocycles. The van der Waals surface area contributed by atoms with Crippen molar-refractivity contribution in [2.24, 2.45) is 5.73 Å². The number of nitrogens with zero attached hydrogens (tertiary/aromatic N) is 2. The minimum absolute atomic E-state index is 0.0199. The Hall–Kier alpha value is -1.59. The Kier molecular flexibility index (Phi) is 5.20. The minimum atomic E-state index is -0.514. The first kappa shape index (κ1) is 15.8. The molecule has 1 saturated heterocycles. The number of aromatic hydroxyl groups is 1. The highest BCUT2D eigenvalue weighted by atomic mass is 16.3. The zero-order chi connectivity index (χ0) is 15.4. The Bertz CT molecular complexity index is 465. The summed E-state index contributed by atoms with van der Waals surface area (Å²) in [5.74, 6) is 0.245. The number of carbonyl (C=O) groups excluding carboxylic acids is 1. The highest BCUT2D eigenvalue weighted by Gasteiger charge is 2.26. The second-order valence-corrected chi connectivity index (χ2v) is 5.93. The van der Waals surface area contributed by atoms with Crippen LogP contribution in [-0.2, 0) is 11.2 Å². The first-order valence-electron chi connectivity index (χ1n) is 7.53. The molecule has 1 aromatic carbocycles. The maximum atomic E-state index is 12.4. The number of phenols is 1. The number of carbonyl (C=O) groups is 1. The van der Waals surface area contributed by atoms with Gasteiger partial charge in [0.15, 0.2) is 0 Å². The molecule has 1 aliphatic rings. The van der Waals surface area contributed by atoms with Gasteiger partial charge in [0, 0.05) is 32.2 Å². The van der Waals surface area contributed by atoms with E-state index < -0.39 is 6.04 Å². The van der Waals surface area contributed by atoms with Crippen LogP contribution in [0.15, 0.2) is 24.3 Å². The van der Waals surface area contributed by atoms with Gasteiger partial charge in [-0.3, -0.25) is 9.69 Å². The van der Waals surface area contributed by atoms with Crippen molar-refractivity contribution in [2.75, 3.05) is 26.2 Å². The molecule has 1 heterocycles. The molecule has 1 fully saturated rings. The molecule has 5 heteroatoms. The lowest BCUT2D eigenvalue weighted by molar-refractivity contribution is -0.134. The zero-order valence-corrected chi connectivity index (χ0v) is 12.8. The Labute approximate surface area is 126 Å². The Morgan fingerprint density at radius 1 is 1.19 bits per heavy atom. The number of benzene rings is 1. The molecule has 3 N–H and O–H groups in total. The second kappa shape index (κ2) is 6.91. The largest absolute Gasteiger partial charge is 0.508 e. The minimum Gasteiger partial charge on any atom is -0.508 e.